The van der Waals surface area contributed by atoms with Crippen LogP contribution in [0.2, 0.25) is 0 Å². The molecule has 3 aliphatic rings. The first-order chi connectivity index (χ1) is 13.5. The SMILES string of the molecule is Cc1nc(CCNC(=O)N2CCC[C@]3(CC2)CN(C)C(=O)O3)nc2c1CCC2. The highest BCUT2D eigenvalue weighted by molar-refractivity contribution is 5.74. The van der Waals surface area contributed by atoms with Gasteiger partial charge in [0.1, 0.15) is 11.4 Å². The van der Waals surface area contributed by atoms with Crippen molar-refractivity contribution in [2.75, 3.05) is 33.2 Å². The van der Waals surface area contributed by atoms with E-state index in [1.54, 1.807) is 11.9 Å². The molecular formula is C20H29N5O3. The molecule has 1 aliphatic carbocycles. The van der Waals surface area contributed by atoms with Gasteiger partial charge in [0.2, 0.25) is 0 Å². The second kappa shape index (κ2) is 7.56. The predicted molar refractivity (Wildman–Crippen MR) is 103 cm³/mol. The molecule has 8 heteroatoms. The number of rotatable bonds is 3. The minimum atomic E-state index is -0.434. The third-order valence-corrected chi connectivity index (χ3v) is 6.14. The maximum atomic E-state index is 12.6. The molecule has 3 amide bonds. The highest BCUT2D eigenvalue weighted by Gasteiger charge is 2.44. The van der Waals surface area contributed by atoms with Crippen molar-refractivity contribution in [3.05, 3.63) is 22.8 Å². The van der Waals surface area contributed by atoms with Crippen LogP contribution in [0, 0.1) is 6.92 Å². The van der Waals surface area contributed by atoms with Crippen LogP contribution in [0.4, 0.5) is 9.59 Å². The van der Waals surface area contributed by atoms with Crippen LogP contribution in [-0.4, -0.2) is 70.7 Å². The van der Waals surface area contributed by atoms with Crippen molar-refractivity contribution >= 4 is 12.1 Å². The molecule has 2 aliphatic heterocycles. The van der Waals surface area contributed by atoms with Crippen LogP contribution in [-0.2, 0) is 24.0 Å². The van der Waals surface area contributed by atoms with Gasteiger partial charge in [-0.15, -0.1) is 0 Å². The number of fused-ring (bicyclic) bond motifs is 1. The molecule has 152 valence electrons. The predicted octanol–water partition coefficient (Wildman–Crippen LogP) is 1.83. The Hall–Kier alpha value is -2.38. The molecule has 4 rings (SSSR count). The Kier molecular flexibility index (Phi) is 5.12. The van der Waals surface area contributed by atoms with Gasteiger partial charge in [0.25, 0.3) is 0 Å². The van der Waals surface area contributed by atoms with Gasteiger partial charge in [0, 0.05) is 50.9 Å². The van der Waals surface area contributed by atoms with Gasteiger partial charge in [-0.1, -0.05) is 0 Å². The summed E-state index contributed by atoms with van der Waals surface area (Å²) in [6.07, 6.45) is 5.97. The maximum Gasteiger partial charge on any atom is 0.410 e. The second-order valence-corrected chi connectivity index (χ2v) is 8.23. The fraction of sp³-hybridized carbons (Fsp3) is 0.700. The second-order valence-electron chi connectivity index (χ2n) is 8.23. The quantitative estimate of drug-likeness (QED) is 0.855. The summed E-state index contributed by atoms with van der Waals surface area (Å²) >= 11 is 0. The topological polar surface area (TPSA) is 87.7 Å². The number of carbonyl (C=O) groups is 2. The molecule has 1 spiro atoms. The lowest BCUT2D eigenvalue weighted by Crippen LogP contribution is -2.42. The van der Waals surface area contributed by atoms with Gasteiger partial charge in [-0.2, -0.15) is 0 Å². The molecule has 1 N–H and O–H groups in total. The monoisotopic (exact) mass is 387 g/mol. The third-order valence-electron chi connectivity index (χ3n) is 6.14. The van der Waals surface area contributed by atoms with Gasteiger partial charge in [-0.05, 0) is 44.6 Å². The zero-order valence-electron chi connectivity index (χ0n) is 16.8. The van der Waals surface area contributed by atoms with Crippen LogP contribution in [0.5, 0.6) is 0 Å². The molecule has 1 aromatic heterocycles. The van der Waals surface area contributed by atoms with Gasteiger partial charge in [0.15, 0.2) is 0 Å². The normalized spacial score (nSPS) is 24.3. The zero-order valence-corrected chi connectivity index (χ0v) is 16.8. The van der Waals surface area contributed by atoms with Crippen molar-refractivity contribution in [1.82, 2.24) is 25.1 Å². The van der Waals surface area contributed by atoms with Crippen LogP contribution in [0.3, 0.4) is 0 Å². The molecule has 3 heterocycles. The summed E-state index contributed by atoms with van der Waals surface area (Å²) in [4.78, 5) is 37.1. The van der Waals surface area contributed by atoms with Crippen molar-refractivity contribution in [3.8, 4) is 0 Å². The molecule has 1 atom stereocenters. The number of aryl methyl sites for hydroxylation is 2. The van der Waals surface area contributed by atoms with Gasteiger partial charge >= 0.3 is 12.1 Å². The average Bonchev–Trinajstić information content (AvgIpc) is 3.16. The summed E-state index contributed by atoms with van der Waals surface area (Å²) in [7, 11) is 1.76. The summed E-state index contributed by atoms with van der Waals surface area (Å²) in [5.41, 5.74) is 3.14. The van der Waals surface area contributed by atoms with Gasteiger partial charge in [-0.25, -0.2) is 19.6 Å². The summed E-state index contributed by atoms with van der Waals surface area (Å²) < 4.78 is 5.61. The molecule has 28 heavy (non-hydrogen) atoms. The molecule has 0 radical (unpaired) electrons. The maximum absolute atomic E-state index is 12.6. The van der Waals surface area contributed by atoms with E-state index in [9.17, 15) is 9.59 Å². The van der Waals surface area contributed by atoms with Gasteiger partial charge in [-0.3, -0.25) is 0 Å². The number of ether oxygens (including phenoxy) is 1. The number of likely N-dealkylation sites (N-methyl/N-ethyl adjacent to an activating group) is 1. The molecular weight excluding hydrogens is 358 g/mol. The lowest BCUT2D eigenvalue weighted by Gasteiger charge is -2.25. The molecule has 0 bridgehead atoms. The molecule has 1 aromatic rings. The molecule has 8 nitrogen and oxygen atoms in total. The number of nitrogens with one attached hydrogen (secondary N) is 1. The minimum absolute atomic E-state index is 0.0624. The smallest absolute Gasteiger partial charge is 0.410 e. The van der Waals surface area contributed by atoms with Crippen molar-refractivity contribution < 1.29 is 14.3 Å². The molecule has 2 fully saturated rings. The van der Waals surface area contributed by atoms with Crippen LogP contribution in [0.15, 0.2) is 0 Å². The van der Waals surface area contributed by atoms with Crippen LogP contribution in [0.1, 0.15) is 48.5 Å². The fourth-order valence-electron chi connectivity index (χ4n) is 4.61. The molecule has 2 saturated heterocycles. The number of aromatic nitrogens is 2. The first-order valence-corrected chi connectivity index (χ1v) is 10.3. The lowest BCUT2D eigenvalue weighted by molar-refractivity contribution is 0.0453. The molecule has 0 saturated carbocycles. The van der Waals surface area contributed by atoms with Gasteiger partial charge < -0.3 is 19.9 Å². The number of amides is 3. The largest absolute Gasteiger partial charge is 0.441 e. The Labute approximate surface area is 165 Å². The summed E-state index contributed by atoms with van der Waals surface area (Å²) in [6.45, 7) is 4.46. The fourth-order valence-corrected chi connectivity index (χ4v) is 4.61. The Morgan fingerprint density at radius 2 is 2.07 bits per heavy atom. The Bertz CT molecular complexity index is 783. The highest BCUT2D eigenvalue weighted by Crippen LogP contribution is 2.32. The van der Waals surface area contributed by atoms with E-state index in [0.29, 0.717) is 39.0 Å². The van der Waals surface area contributed by atoms with Crippen LogP contribution in [0.25, 0.3) is 0 Å². The third kappa shape index (κ3) is 3.77. The van der Waals surface area contributed by atoms with E-state index in [2.05, 4.69) is 15.3 Å². The average molecular weight is 387 g/mol. The zero-order chi connectivity index (χ0) is 19.7. The van der Waals surface area contributed by atoms with Crippen LogP contribution >= 0.6 is 0 Å². The van der Waals surface area contributed by atoms with Crippen molar-refractivity contribution in [1.29, 1.82) is 0 Å². The van der Waals surface area contributed by atoms with E-state index in [4.69, 9.17) is 4.74 Å². The minimum Gasteiger partial charge on any atom is -0.441 e. The van der Waals surface area contributed by atoms with E-state index in [0.717, 1.165) is 43.6 Å². The van der Waals surface area contributed by atoms with Crippen molar-refractivity contribution in [2.45, 2.75) is 57.5 Å². The van der Waals surface area contributed by atoms with E-state index in [1.165, 1.54) is 11.3 Å². The van der Waals surface area contributed by atoms with Crippen LogP contribution < -0.4 is 5.32 Å². The Morgan fingerprint density at radius 1 is 1.21 bits per heavy atom. The Morgan fingerprint density at radius 3 is 2.86 bits per heavy atom. The summed E-state index contributed by atoms with van der Waals surface area (Å²) in [5.74, 6) is 0.814. The van der Waals surface area contributed by atoms with E-state index in [-0.39, 0.29) is 12.1 Å². The summed E-state index contributed by atoms with van der Waals surface area (Å²) in [6, 6.07) is -0.0624. The Balaban J connectivity index is 1.28. The molecule has 0 aromatic carbocycles. The number of hydrogen-bond acceptors (Lipinski definition) is 5. The number of likely N-dealkylation sites (tertiary alicyclic amines) is 1. The standard InChI is InChI=1S/C20H29N5O3/c1-14-15-5-3-6-16(15)23-17(22-14)7-10-21-18(26)25-11-4-8-20(9-12-25)13-24(2)19(27)28-20/h3-13H2,1-2H3,(H,21,26)/t20-/m0/s1. The first-order valence-electron chi connectivity index (χ1n) is 10.3. The van der Waals surface area contributed by atoms with E-state index >= 15 is 0 Å². The van der Waals surface area contributed by atoms with E-state index in [1.807, 2.05) is 11.8 Å². The number of nitrogens with zero attached hydrogens (tertiary/aromatic N) is 4. The van der Waals surface area contributed by atoms with Crippen molar-refractivity contribution in [2.24, 2.45) is 0 Å². The molecule has 0 unspecified atom stereocenters. The number of carbonyl (C=O) groups excluding carboxylic acids is 2. The highest BCUT2D eigenvalue weighted by atomic mass is 16.6. The number of urea groups is 1. The summed E-state index contributed by atoms with van der Waals surface area (Å²) in [5, 5.41) is 3.00. The van der Waals surface area contributed by atoms with E-state index < -0.39 is 5.60 Å². The lowest BCUT2D eigenvalue weighted by atomic mass is 9.95. The van der Waals surface area contributed by atoms with Gasteiger partial charge in [0.05, 0.1) is 6.54 Å². The first kappa shape index (κ1) is 19.0. The number of hydrogen-bond donors (Lipinski definition) is 1. The van der Waals surface area contributed by atoms with Crippen molar-refractivity contribution in [3.63, 3.8) is 0 Å².